The zero-order chi connectivity index (χ0) is 28.0. The van der Waals surface area contributed by atoms with E-state index in [1.807, 2.05) is 92.4 Å². The summed E-state index contributed by atoms with van der Waals surface area (Å²) in [7, 11) is 0. The number of likely N-dealkylation sites (tertiary alicyclic amines) is 1. The van der Waals surface area contributed by atoms with Gasteiger partial charge < -0.3 is 20.5 Å². The number of fused-ring (bicyclic) bond motifs is 2. The quantitative estimate of drug-likeness (QED) is 0.289. The molecule has 1 aliphatic heterocycles. The molecule has 1 saturated carbocycles. The lowest BCUT2D eigenvalue weighted by Crippen LogP contribution is -2.55. The Kier molecular flexibility index (Phi) is 6.74. The van der Waals surface area contributed by atoms with Gasteiger partial charge in [-0.3, -0.25) is 14.4 Å². The van der Waals surface area contributed by atoms with Crippen LogP contribution >= 0.6 is 11.3 Å². The largest absolute Gasteiger partial charge is 0.352 e. The minimum absolute atomic E-state index is 0.0260. The molecule has 2 aromatic heterocycles. The third-order valence-electron chi connectivity index (χ3n) is 8.10. The molecular weight excluding hydrogens is 520 g/mol. The van der Waals surface area contributed by atoms with Crippen LogP contribution in [-0.4, -0.2) is 52.8 Å². The minimum atomic E-state index is -0.738. The minimum Gasteiger partial charge on any atom is -0.352 e. The van der Waals surface area contributed by atoms with Gasteiger partial charge in [0.15, 0.2) is 0 Å². The van der Waals surface area contributed by atoms with Gasteiger partial charge in [0.25, 0.3) is 11.8 Å². The van der Waals surface area contributed by atoms with E-state index >= 15 is 0 Å². The van der Waals surface area contributed by atoms with Crippen molar-refractivity contribution in [2.75, 3.05) is 13.1 Å². The summed E-state index contributed by atoms with van der Waals surface area (Å²) in [6, 6.07) is 22.7. The first-order valence-corrected chi connectivity index (χ1v) is 14.6. The summed E-state index contributed by atoms with van der Waals surface area (Å²) in [5.74, 6) is 0.374. The molecule has 0 radical (unpaired) electrons. The van der Waals surface area contributed by atoms with Crippen molar-refractivity contribution in [3.63, 3.8) is 0 Å². The van der Waals surface area contributed by atoms with Gasteiger partial charge in [0.2, 0.25) is 5.91 Å². The van der Waals surface area contributed by atoms with E-state index < -0.39 is 11.5 Å². The highest BCUT2D eigenvalue weighted by Crippen LogP contribution is 2.50. The molecule has 2 aromatic carbocycles. The lowest BCUT2D eigenvalue weighted by molar-refractivity contribution is -0.125. The molecule has 4 aromatic rings. The predicted molar refractivity (Wildman–Crippen MR) is 158 cm³/mol. The van der Waals surface area contributed by atoms with Gasteiger partial charge in [-0.15, -0.1) is 11.3 Å². The number of hydrogen-bond donors (Lipinski definition) is 3. The van der Waals surface area contributed by atoms with Gasteiger partial charge in [-0.1, -0.05) is 69.3 Å². The average molecular weight is 555 g/mol. The first kappa shape index (κ1) is 26.3. The Morgan fingerprint density at radius 3 is 2.52 bits per heavy atom. The third kappa shape index (κ3) is 5.16. The number of hydrogen-bond acceptors (Lipinski definition) is 4. The smallest absolute Gasteiger partial charge is 0.268 e. The van der Waals surface area contributed by atoms with Crippen molar-refractivity contribution >= 4 is 40.0 Å². The van der Waals surface area contributed by atoms with Gasteiger partial charge in [0.05, 0.1) is 10.9 Å². The molecule has 2 aliphatic rings. The predicted octanol–water partition coefficient (Wildman–Crippen LogP) is 5.32. The molecule has 4 atom stereocenters. The van der Waals surface area contributed by atoms with Crippen molar-refractivity contribution in [2.45, 2.75) is 39.3 Å². The summed E-state index contributed by atoms with van der Waals surface area (Å²) in [6.07, 6.45) is 1.09. The maximum atomic E-state index is 13.5. The van der Waals surface area contributed by atoms with Crippen molar-refractivity contribution in [1.29, 1.82) is 0 Å². The van der Waals surface area contributed by atoms with Crippen LogP contribution in [0.15, 0.2) is 72.8 Å². The summed E-state index contributed by atoms with van der Waals surface area (Å²) in [5, 5.41) is 6.97. The second-order valence-corrected chi connectivity index (χ2v) is 13.1. The molecule has 1 unspecified atom stereocenters. The zero-order valence-electron chi connectivity index (χ0n) is 22.9. The van der Waals surface area contributed by atoms with Gasteiger partial charge in [-0.25, -0.2) is 0 Å². The van der Waals surface area contributed by atoms with Gasteiger partial charge in [-0.05, 0) is 53.5 Å². The number of carbonyl (C=O) groups excluding carboxylic acids is 3. The van der Waals surface area contributed by atoms with Crippen LogP contribution in [0.3, 0.4) is 0 Å². The van der Waals surface area contributed by atoms with E-state index in [1.165, 1.54) is 11.3 Å². The monoisotopic (exact) mass is 554 g/mol. The van der Waals surface area contributed by atoms with Crippen molar-refractivity contribution in [1.82, 2.24) is 20.5 Å². The van der Waals surface area contributed by atoms with Crippen LogP contribution in [-0.2, 0) is 4.79 Å². The van der Waals surface area contributed by atoms with Crippen LogP contribution in [0.5, 0.6) is 0 Å². The van der Waals surface area contributed by atoms with E-state index in [0.717, 1.165) is 39.2 Å². The maximum absolute atomic E-state index is 13.5. The third-order valence-corrected chi connectivity index (χ3v) is 9.22. The molecule has 3 N–H and O–H groups in total. The molecule has 2 fully saturated rings. The fourth-order valence-electron chi connectivity index (χ4n) is 5.81. The average Bonchev–Trinajstić information content (AvgIpc) is 3.29. The number of amides is 3. The number of rotatable bonds is 7. The number of aromatic amines is 1. The fourth-order valence-corrected chi connectivity index (χ4v) is 6.77. The Morgan fingerprint density at radius 1 is 1.02 bits per heavy atom. The highest BCUT2D eigenvalue weighted by Gasteiger charge is 2.54. The molecule has 40 heavy (non-hydrogen) atoms. The van der Waals surface area contributed by atoms with Gasteiger partial charge in [0.1, 0.15) is 11.7 Å². The number of thiophene rings is 1. The lowest BCUT2D eigenvalue weighted by atomic mass is 9.86. The fraction of sp³-hybridized carbons (Fsp3) is 0.344. The van der Waals surface area contributed by atoms with E-state index in [0.29, 0.717) is 24.1 Å². The second kappa shape index (κ2) is 10.2. The van der Waals surface area contributed by atoms with E-state index in [4.69, 9.17) is 0 Å². The molecule has 1 aliphatic carbocycles. The van der Waals surface area contributed by atoms with Crippen LogP contribution in [0.1, 0.15) is 47.4 Å². The number of H-pyrrole nitrogens is 1. The molecule has 0 bridgehead atoms. The van der Waals surface area contributed by atoms with E-state index in [9.17, 15) is 14.4 Å². The first-order chi connectivity index (χ1) is 19.2. The van der Waals surface area contributed by atoms with Crippen LogP contribution in [0, 0.1) is 17.3 Å². The summed E-state index contributed by atoms with van der Waals surface area (Å²) in [4.78, 5) is 47.0. The van der Waals surface area contributed by atoms with Crippen LogP contribution in [0.4, 0.5) is 0 Å². The SMILES string of the molecule is CC(C)(C)[C@H](NC(=O)c1cc2ccccc2[nH]1)C(=O)NC[C@@H]1C2C[C@H]2CN1C(=O)c1ccc(-c2ccccc2)s1. The maximum Gasteiger partial charge on any atom is 0.268 e. The highest BCUT2D eigenvalue weighted by molar-refractivity contribution is 7.17. The number of nitrogens with zero attached hydrogens (tertiary/aromatic N) is 1. The lowest BCUT2D eigenvalue weighted by Gasteiger charge is -2.32. The van der Waals surface area contributed by atoms with Gasteiger partial charge in [0, 0.05) is 28.9 Å². The Hall–Kier alpha value is -3.91. The Morgan fingerprint density at radius 2 is 1.77 bits per heavy atom. The van der Waals surface area contributed by atoms with Gasteiger partial charge in [-0.2, -0.15) is 0 Å². The molecule has 8 heteroatoms. The van der Waals surface area contributed by atoms with E-state index in [2.05, 4.69) is 15.6 Å². The number of piperidine rings is 1. The zero-order valence-corrected chi connectivity index (χ0v) is 23.8. The van der Waals surface area contributed by atoms with Crippen molar-refractivity contribution in [3.8, 4) is 10.4 Å². The van der Waals surface area contributed by atoms with Crippen molar-refractivity contribution in [2.24, 2.45) is 17.3 Å². The standard InChI is InChI=1S/C32H34N4O3S/c1-32(2,3)28(35-29(37)24-16-20-11-7-8-12-23(20)34-24)30(38)33-17-25-22-15-21(22)18-36(25)31(39)27-14-13-26(40-27)19-9-5-4-6-10-19/h4-14,16,21-22,25,28,34H,15,17-18H2,1-3H3,(H,33,38)(H,35,37)/t21-,22?,25+,28+/m0/s1. The number of carbonyl (C=O) groups is 3. The van der Waals surface area contributed by atoms with Crippen LogP contribution in [0.25, 0.3) is 21.3 Å². The first-order valence-electron chi connectivity index (χ1n) is 13.8. The highest BCUT2D eigenvalue weighted by atomic mass is 32.1. The van der Waals surface area contributed by atoms with Crippen LogP contribution < -0.4 is 10.6 Å². The number of benzene rings is 2. The molecule has 1 saturated heterocycles. The summed E-state index contributed by atoms with van der Waals surface area (Å²) >= 11 is 1.51. The molecule has 3 amide bonds. The van der Waals surface area contributed by atoms with E-state index in [-0.39, 0.29) is 23.8 Å². The molecular formula is C32H34N4O3S. The van der Waals surface area contributed by atoms with Crippen molar-refractivity contribution < 1.29 is 14.4 Å². The topological polar surface area (TPSA) is 94.3 Å². The van der Waals surface area contributed by atoms with Gasteiger partial charge >= 0.3 is 0 Å². The Bertz CT molecular complexity index is 1530. The number of para-hydroxylation sites is 1. The molecule has 3 heterocycles. The molecule has 0 spiro atoms. The summed E-state index contributed by atoms with van der Waals surface area (Å²) in [6.45, 7) is 6.91. The molecule has 7 nitrogen and oxygen atoms in total. The van der Waals surface area contributed by atoms with E-state index in [1.54, 1.807) is 6.07 Å². The number of nitrogens with one attached hydrogen (secondary N) is 3. The summed E-state index contributed by atoms with van der Waals surface area (Å²) < 4.78 is 0. The molecule has 206 valence electrons. The van der Waals surface area contributed by atoms with Crippen molar-refractivity contribution in [3.05, 3.63) is 83.4 Å². The second-order valence-electron chi connectivity index (χ2n) is 12.0. The Labute approximate surface area is 238 Å². The normalized spacial score (nSPS) is 20.7. The van der Waals surface area contributed by atoms with Crippen LogP contribution in [0.2, 0.25) is 0 Å². The molecule has 6 rings (SSSR count). The summed E-state index contributed by atoms with van der Waals surface area (Å²) in [5.41, 5.74) is 1.88. The Balaban J connectivity index is 1.13. The number of aromatic nitrogens is 1.